The number of aliphatic carboxylic acids is 1. The van der Waals surface area contributed by atoms with Gasteiger partial charge in [-0.25, -0.2) is 27.9 Å². The molecule has 0 atom stereocenters. The van der Waals surface area contributed by atoms with Gasteiger partial charge in [0.2, 0.25) is 10.0 Å². The Balaban J connectivity index is 0.000000541. The number of sulfonamides is 1. The normalized spacial score (nSPS) is 21.4. The van der Waals surface area contributed by atoms with Crippen LogP contribution in [0, 0.1) is 18.3 Å². The maximum absolute atomic E-state index is 13.4. The minimum atomic E-state index is -5.08. The Kier molecular flexibility index (Phi) is 8.75. The smallest absolute Gasteiger partial charge is 0.475 e. The number of ether oxygens (including phenoxy) is 1. The van der Waals surface area contributed by atoms with E-state index in [0.717, 1.165) is 5.56 Å². The number of nitriles is 1. The van der Waals surface area contributed by atoms with E-state index in [1.807, 2.05) is 6.92 Å². The van der Waals surface area contributed by atoms with Crippen LogP contribution in [0.25, 0.3) is 22.5 Å². The summed E-state index contributed by atoms with van der Waals surface area (Å²) in [5.74, 6) is -2.61. The molecule has 43 heavy (non-hydrogen) atoms. The molecule has 1 saturated carbocycles. The van der Waals surface area contributed by atoms with Crippen LogP contribution >= 0.6 is 0 Å². The van der Waals surface area contributed by atoms with E-state index in [4.69, 9.17) is 20.4 Å². The number of anilines is 1. The number of carboxylic acids is 1. The lowest BCUT2D eigenvalue weighted by molar-refractivity contribution is -0.192. The van der Waals surface area contributed by atoms with Gasteiger partial charge in [-0.15, -0.1) is 0 Å². The van der Waals surface area contributed by atoms with E-state index in [2.05, 4.69) is 25.7 Å². The Bertz CT molecular complexity index is 1670. The first kappa shape index (κ1) is 31.8. The maximum atomic E-state index is 13.4. The molecule has 3 aromatic rings. The van der Waals surface area contributed by atoms with Gasteiger partial charge < -0.3 is 20.7 Å². The van der Waals surface area contributed by atoms with Gasteiger partial charge in [0.05, 0.1) is 46.7 Å². The molecule has 0 radical (unpaired) electrons. The zero-order valence-electron chi connectivity index (χ0n) is 22.7. The molecular formula is C27H27F3N6O6S. The summed E-state index contributed by atoms with van der Waals surface area (Å²) in [5, 5.41) is 26.2. The number of hydrogen-bond donors (Lipinski definition) is 4. The molecule has 0 spiro atoms. The monoisotopic (exact) mass is 620 g/mol. The van der Waals surface area contributed by atoms with Crippen LogP contribution in [0.15, 0.2) is 47.8 Å². The standard InChI is InChI=1S/C25H26N6O4S.C2HF3O2/c1-16-2-3-18(36(33,34)31-24-5-7-25(14-32,8-6-24)35-15-24)10-20(16)21-13-29-23(27)22(30-21)19-4-9-28-12-17(19)11-26;3-2(4,5)1(6)7/h2-4,9-10,12-13,31-32H,5-8,14-15H2,1H3,(H2,27,29);(H,6,7). The van der Waals surface area contributed by atoms with Crippen LogP contribution in [-0.4, -0.2) is 70.1 Å². The summed E-state index contributed by atoms with van der Waals surface area (Å²) in [7, 11) is -3.88. The van der Waals surface area contributed by atoms with Crippen molar-refractivity contribution >= 4 is 21.8 Å². The largest absolute Gasteiger partial charge is 0.490 e. The summed E-state index contributed by atoms with van der Waals surface area (Å²) in [6, 6.07) is 8.57. The highest BCUT2D eigenvalue weighted by atomic mass is 32.2. The quantitative estimate of drug-likeness (QED) is 0.316. The Labute approximate surface area is 244 Å². The number of aromatic nitrogens is 3. The number of halogens is 3. The molecule has 1 aromatic carbocycles. The first-order valence-electron chi connectivity index (χ1n) is 12.8. The van der Waals surface area contributed by atoms with E-state index in [9.17, 15) is 32.0 Å². The Morgan fingerprint density at radius 3 is 2.42 bits per heavy atom. The third-order valence-corrected chi connectivity index (χ3v) is 9.02. The second-order valence-electron chi connectivity index (χ2n) is 10.3. The van der Waals surface area contributed by atoms with Crippen molar-refractivity contribution in [3.8, 4) is 28.6 Å². The number of carbonyl (C=O) groups is 1. The summed E-state index contributed by atoms with van der Waals surface area (Å²) in [6.45, 7) is 2.02. The van der Waals surface area contributed by atoms with Gasteiger partial charge in [0.25, 0.3) is 0 Å². The number of pyridine rings is 1. The van der Waals surface area contributed by atoms with E-state index in [1.54, 1.807) is 30.5 Å². The van der Waals surface area contributed by atoms with Crippen LogP contribution in [0.5, 0.6) is 0 Å². The second kappa shape index (κ2) is 11.8. The topological polar surface area (TPSA) is 201 Å². The minimum Gasteiger partial charge on any atom is -0.475 e. The van der Waals surface area contributed by atoms with E-state index in [0.29, 0.717) is 53.8 Å². The molecule has 5 N–H and O–H groups in total. The number of aliphatic hydroxyl groups is 1. The Morgan fingerprint density at radius 2 is 1.86 bits per heavy atom. The van der Waals surface area contributed by atoms with Crippen molar-refractivity contribution in [3.05, 3.63) is 54.0 Å². The predicted molar refractivity (Wildman–Crippen MR) is 146 cm³/mol. The van der Waals surface area contributed by atoms with Gasteiger partial charge in [-0.3, -0.25) is 4.98 Å². The fourth-order valence-corrected chi connectivity index (χ4v) is 6.38. The minimum absolute atomic E-state index is 0.0584. The summed E-state index contributed by atoms with van der Waals surface area (Å²) >= 11 is 0. The van der Waals surface area contributed by atoms with Crippen molar-refractivity contribution in [2.45, 2.75) is 54.8 Å². The predicted octanol–water partition coefficient (Wildman–Crippen LogP) is 2.95. The van der Waals surface area contributed by atoms with Crippen LogP contribution < -0.4 is 10.5 Å². The molecule has 3 aliphatic rings. The molecule has 6 rings (SSSR count). The SMILES string of the molecule is Cc1ccc(S(=O)(=O)NC23CCC(CO)(CC2)OC3)cc1-c1cnc(N)c(-c2ccncc2C#N)n1.O=C(O)C(F)(F)F. The molecule has 1 aliphatic carbocycles. The van der Waals surface area contributed by atoms with E-state index >= 15 is 0 Å². The number of alkyl halides is 3. The molecule has 16 heteroatoms. The lowest BCUT2D eigenvalue weighted by atomic mass is 9.72. The number of benzene rings is 1. The third-order valence-electron chi connectivity index (χ3n) is 7.45. The van der Waals surface area contributed by atoms with E-state index in [1.165, 1.54) is 12.4 Å². The highest BCUT2D eigenvalue weighted by Gasteiger charge is 2.51. The van der Waals surface area contributed by atoms with Crippen LogP contribution in [0.3, 0.4) is 0 Å². The summed E-state index contributed by atoms with van der Waals surface area (Å²) < 4.78 is 67.4. The molecule has 0 amide bonds. The highest BCUT2D eigenvalue weighted by Crippen LogP contribution is 2.44. The lowest BCUT2D eigenvalue weighted by Gasteiger charge is -2.52. The summed E-state index contributed by atoms with van der Waals surface area (Å²) in [6.07, 6.45) is 1.79. The number of aliphatic hydroxyl groups excluding tert-OH is 1. The maximum Gasteiger partial charge on any atom is 0.490 e. The van der Waals surface area contributed by atoms with Crippen LogP contribution in [0.2, 0.25) is 0 Å². The van der Waals surface area contributed by atoms with Crippen LogP contribution in [0.4, 0.5) is 19.0 Å². The van der Waals surface area contributed by atoms with Crippen molar-refractivity contribution in [1.82, 2.24) is 19.7 Å². The molecule has 2 saturated heterocycles. The summed E-state index contributed by atoms with van der Waals surface area (Å²) in [5.41, 5.74) is 7.79. The number of aryl methyl sites for hydroxylation is 1. The number of nitrogens with two attached hydrogens (primary N) is 1. The highest BCUT2D eigenvalue weighted by molar-refractivity contribution is 7.89. The van der Waals surface area contributed by atoms with Gasteiger partial charge in [-0.1, -0.05) is 6.07 Å². The number of nitrogens with zero attached hydrogens (tertiary/aromatic N) is 4. The van der Waals surface area contributed by atoms with E-state index in [-0.39, 0.29) is 23.9 Å². The Morgan fingerprint density at radius 1 is 1.19 bits per heavy atom. The molecule has 2 bridgehead atoms. The lowest BCUT2D eigenvalue weighted by Crippen LogP contribution is -2.63. The molecule has 2 aromatic heterocycles. The van der Waals surface area contributed by atoms with Gasteiger partial charge >= 0.3 is 12.1 Å². The van der Waals surface area contributed by atoms with Crippen LogP contribution in [0.1, 0.15) is 36.8 Å². The first-order chi connectivity index (χ1) is 20.1. The fraction of sp³-hybridized carbons (Fsp3) is 0.370. The average molecular weight is 621 g/mol. The molecule has 12 nitrogen and oxygen atoms in total. The Hall–Kier alpha value is -4.17. The fourth-order valence-electron chi connectivity index (χ4n) is 4.90. The van der Waals surface area contributed by atoms with Gasteiger partial charge in [0.1, 0.15) is 17.6 Å². The zero-order chi connectivity index (χ0) is 31.6. The molecule has 3 fully saturated rings. The number of rotatable bonds is 6. The van der Waals surface area contributed by atoms with Gasteiger partial charge in [-0.2, -0.15) is 18.4 Å². The number of nitrogen functional groups attached to an aromatic ring is 1. The number of fused-ring (bicyclic) bond motifs is 3. The van der Waals surface area contributed by atoms with Crippen molar-refractivity contribution in [2.24, 2.45) is 0 Å². The van der Waals surface area contributed by atoms with Crippen LogP contribution in [-0.2, 0) is 19.6 Å². The third kappa shape index (κ3) is 6.75. The van der Waals surface area contributed by atoms with Gasteiger partial charge in [0.15, 0.2) is 0 Å². The van der Waals surface area contributed by atoms with E-state index < -0.39 is 33.3 Å². The average Bonchev–Trinajstić information content (AvgIpc) is 2.98. The second-order valence-corrected chi connectivity index (χ2v) is 12.0. The molecule has 4 heterocycles. The molecular weight excluding hydrogens is 593 g/mol. The number of nitrogens with one attached hydrogen (secondary N) is 1. The zero-order valence-corrected chi connectivity index (χ0v) is 23.5. The van der Waals surface area contributed by atoms with Crippen molar-refractivity contribution in [1.29, 1.82) is 5.26 Å². The molecule has 2 aliphatic heterocycles. The van der Waals surface area contributed by atoms with Crippen molar-refractivity contribution < 1.29 is 41.3 Å². The van der Waals surface area contributed by atoms with Gasteiger partial charge in [0, 0.05) is 23.5 Å². The first-order valence-corrected chi connectivity index (χ1v) is 14.3. The summed E-state index contributed by atoms with van der Waals surface area (Å²) in [4.78, 5) is 21.9. The number of hydrogen-bond acceptors (Lipinski definition) is 10. The number of carboxylic acid groups (broad SMARTS) is 1. The molecule has 0 unspecified atom stereocenters. The van der Waals surface area contributed by atoms with Gasteiger partial charge in [-0.05, 0) is 56.4 Å². The van der Waals surface area contributed by atoms with Crippen molar-refractivity contribution in [2.75, 3.05) is 18.9 Å². The molecule has 228 valence electrons. The van der Waals surface area contributed by atoms with Crippen molar-refractivity contribution in [3.63, 3.8) is 0 Å².